The van der Waals surface area contributed by atoms with Crippen molar-refractivity contribution in [3.8, 4) is 5.75 Å². The second-order valence-electron chi connectivity index (χ2n) is 7.10. The molecular formula is C28H22N2O2. The Morgan fingerprint density at radius 2 is 1.25 bits per heavy atom. The van der Waals surface area contributed by atoms with Gasteiger partial charge in [-0.15, -0.1) is 5.10 Å². The fourth-order valence-electron chi connectivity index (χ4n) is 3.10. The Kier molecular flexibility index (Phi) is 6.96. The van der Waals surface area contributed by atoms with Crippen LogP contribution in [-0.4, -0.2) is 17.7 Å². The van der Waals surface area contributed by atoms with Crippen LogP contribution >= 0.6 is 0 Å². The molecule has 0 saturated heterocycles. The Balaban J connectivity index is 1.48. The van der Waals surface area contributed by atoms with E-state index in [-0.39, 0.29) is 5.78 Å². The summed E-state index contributed by atoms with van der Waals surface area (Å²) in [6.07, 6.45) is 1.63. The zero-order valence-electron chi connectivity index (χ0n) is 17.5. The molecule has 0 N–H and O–H groups in total. The zero-order valence-corrected chi connectivity index (χ0v) is 17.5. The van der Waals surface area contributed by atoms with E-state index in [0.29, 0.717) is 17.9 Å². The van der Waals surface area contributed by atoms with Crippen LogP contribution in [0.2, 0.25) is 0 Å². The molecule has 0 heterocycles. The summed E-state index contributed by atoms with van der Waals surface area (Å²) in [7, 11) is 0. The van der Waals surface area contributed by atoms with Gasteiger partial charge in [0.2, 0.25) is 5.78 Å². The number of hydrogen-bond acceptors (Lipinski definition) is 4. The van der Waals surface area contributed by atoms with Crippen LogP contribution in [0, 0.1) is 0 Å². The van der Waals surface area contributed by atoms with E-state index in [0.717, 1.165) is 22.4 Å². The third kappa shape index (κ3) is 5.64. The Labute approximate surface area is 187 Å². The molecule has 0 unspecified atom stereocenters. The minimum absolute atomic E-state index is 0.168. The number of nitrogens with zero attached hydrogens (tertiary/aromatic N) is 2. The lowest BCUT2D eigenvalue weighted by Gasteiger charge is -2.06. The summed E-state index contributed by atoms with van der Waals surface area (Å²) in [6, 6.07) is 36.1. The molecule has 0 aromatic heterocycles. The highest BCUT2D eigenvalue weighted by atomic mass is 16.5. The average Bonchev–Trinajstić information content (AvgIpc) is 2.87. The summed E-state index contributed by atoms with van der Waals surface area (Å²) in [6.45, 7) is 0.514. The second kappa shape index (κ2) is 10.6. The van der Waals surface area contributed by atoms with Gasteiger partial charge in [0.25, 0.3) is 0 Å². The van der Waals surface area contributed by atoms with Gasteiger partial charge in [-0.05, 0) is 35.4 Å². The van der Waals surface area contributed by atoms with Crippen molar-refractivity contribution in [2.45, 2.75) is 6.61 Å². The van der Waals surface area contributed by atoms with Crippen molar-refractivity contribution < 1.29 is 9.53 Å². The molecule has 0 aliphatic heterocycles. The predicted octanol–water partition coefficient (Wildman–Crippen LogP) is 5.97. The van der Waals surface area contributed by atoms with Crippen LogP contribution in [0.1, 0.15) is 27.0 Å². The lowest BCUT2D eigenvalue weighted by Crippen LogP contribution is -2.15. The first kappa shape index (κ1) is 20.9. The van der Waals surface area contributed by atoms with Crippen LogP contribution in [0.15, 0.2) is 125 Å². The van der Waals surface area contributed by atoms with Gasteiger partial charge in [-0.25, -0.2) is 0 Å². The molecule has 4 heteroatoms. The van der Waals surface area contributed by atoms with Gasteiger partial charge in [0, 0.05) is 11.1 Å². The van der Waals surface area contributed by atoms with Gasteiger partial charge < -0.3 is 4.74 Å². The number of carbonyl (C=O) groups is 1. The van der Waals surface area contributed by atoms with Crippen molar-refractivity contribution in [1.82, 2.24) is 0 Å². The maximum Gasteiger partial charge on any atom is 0.213 e. The Bertz CT molecular complexity index is 1200. The van der Waals surface area contributed by atoms with E-state index in [2.05, 4.69) is 10.2 Å². The number of ketones is 1. The highest BCUT2D eigenvalue weighted by molar-refractivity contribution is 6.51. The van der Waals surface area contributed by atoms with Gasteiger partial charge in [0.1, 0.15) is 18.1 Å². The van der Waals surface area contributed by atoms with Gasteiger partial charge in [-0.3, -0.25) is 4.79 Å². The Morgan fingerprint density at radius 3 is 1.88 bits per heavy atom. The molecule has 0 spiro atoms. The fraction of sp³-hybridized carbons (Fsp3) is 0.0357. The van der Waals surface area contributed by atoms with Gasteiger partial charge in [-0.2, -0.15) is 5.10 Å². The van der Waals surface area contributed by atoms with E-state index in [1.165, 1.54) is 0 Å². The molecule has 0 aliphatic rings. The Hall–Kier alpha value is -4.31. The molecule has 32 heavy (non-hydrogen) atoms. The summed E-state index contributed by atoms with van der Waals surface area (Å²) in [5, 5.41) is 8.46. The third-order valence-corrected chi connectivity index (χ3v) is 4.79. The normalized spacial score (nSPS) is 11.4. The maximum atomic E-state index is 13.0. The van der Waals surface area contributed by atoms with Crippen molar-refractivity contribution in [3.63, 3.8) is 0 Å². The molecule has 0 amide bonds. The average molecular weight is 418 g/mol. The van der Waals surface area contributed by atoms with Crippen molar-refractivity contribution in [1.29, 1.82) is 0 Å². The van der Waals surface area contributed by atoms with E-state index in [9.17, 15) is 4.79 Å². The molecule has 0 bridgehead atoms. The molecule has 4 rings (SSSR count). The molecule has 0 radical (unpaired) electrons. The monoisotopic (exact) mass is 418 g/mol. The zero-order chi connectivity index (χ0) is 22.0. The molecule has 4 nitrogen and oxygen atoms in total. The summed E-state index contributed by atoms with van der Waals surface area (Å²) in [5.74, 6) is 0.609. The third-order valence-electron chi connectivity index (χ3n) is 4.79. The van der Waals surface area contributed by atoms with Crippen molar-refractivity contribution in [2.24, 2.45) is 10.2 Å². The first-order chi connectivity index (χ1) is 15.8. The SMILES string of the molecule is O=C(/C(=N/N=C\c1ccc(OCc2ccccc2)cc1)c1ccccc1)c1ccccc1. The minimum atomic E-state index is -0.168. The van der Waals surface area contributed by atoms with E-state index >= 15 is 0 Å². The van der Waals surface area contributed by atoms with Gasteiger partial charge >= 0.3 is 0 Å². The number of benzene rings is 4. The van der Waals surface area contributed by atoms with E-state index in [4.69, 9.17) is 4.74 Å². The lowest BCUT2D eigenvalue weighted by atomic mass is 10.0. The summed E-state index contributed by atoms with van der Waals surface area (Å²) in [4.78, 5) is 13.0. The minimum Gasteiger partial charge on any atom is -0.489 e. The van der Waals surface area contributed by atoms with Gasteiger partial charge in [0.05, 0.1) is 6.21 Å². The first-order valence-electron chi connectivity index (χ1n) is 10.3. The largest absolute Gasteiger partial charge is 0.489 e. The molecule has 4 aromatic rings. The van der Waals surface area contributed by atoms with E-state index in [1.807, 2.05) is 103 Å². The number of Topliss-reactive ketones (excluding diaryl/α,β-unsaturated/α-hetero) is 1. The van der Waals surface area contributed by atoms with E-state index < -0.39 is 0 Å². The predicted molar refractivity (Wildman–Crippen MR) is 129 cm³/mol. The number of hydrogen-bond donors (Lipinski definition) is 0. The van der Waals surface area contributed by atoms with Crippen LogP contribution < -0.4 is 4.74 Å². The second-order valence-corrected chi connectivity index (χ2v) is 7.10. The number of rotatable bonds is 8. The topological polar surface area (TPSA) is 51.0 Å². The maximum absolute atomic E-state index is 13.0. The molecular weight excluding hydrogens is 396 g/mol. The van der Waals surface area contributed by atoms with Crippen LogP contribution in [0.25, 0.3) is 0 Å². The molecule has 4 aromatic carbocycles. The van der Waals surface area contributed by atoms with Crippen LogP contribution in [0.5, 0.6) is 5.75 Å². The standard InChI is InChI=1S/C28H22N2O2/c31-28(25-14-8-3-9-15-25)27(24-12-6-2-7-13-24)30-29-20-22-16-18-26(19-17-22)32-21-23-10-4-1-5-11-23/h1-20H,21H2/b29-20-,30-27+. The quantitative estimate of drug-likeness (QED) is 0.201. The van der Waals surface area contributed by atoms with Gasteiger partial charge in [0.15, 0.2) is 0 Å². The number of carbonyl (C=O) groups excluding carboxylic acids is 1. The molecule has 0 fully saturated rings. The van der Waals surface area contributed by atoms with Crippen LogP contribution in [0.4, 0.5) is 0 Å². The summed E-state index contributed by atoms with van der Waals surface area (Å²) >= 11 is 0. The smallest absolute Gasteiger partial charge is 0.213 e. The first-order valence-corrected chi connectivity index (χ1v) is 10.3. The summed E-state index contributed by atoms with van der Waals surface area (Å²) in [5.41, 5.74) is 3.58. The highest BCUT2D eigenvalue weighted by Crippen LogP contribution is 2.14. The molecule has 0 saturated carbocycles. The highest BCUT2D eigenvalue weighted by Gasteiger charge is 2.15. The van der Waals surface area contributed by atoms with Gasteiger partial charge in [-0.1, -0.05) is 91.0 Å². The molecule has 156 valence electrons. The van der Waals surface area contributed by atoms with E-state index in [1.54, 1.807) is 18.3 Å². The van der Waals surface area contributed by atoms with Crippen molar-refractivity contribution in [2.75, 3.05) is 0 Å². The molecule has 0 atom stereocenters. The molecule has 0 aliphatic carbocycles. The number of ether oxygens (including phenoxy) is 1. The fourth-order valence-corrected chi connectivity index (χ4v) is 3.10. The van der Waals surface area contributed by atoms with Crippen LogP contribution in [-0.2, 0) is 6.61 Å². The van der Waals surface area contributed by atoms with Crippen LogP contribution in [0.3, 0.4) is 0 Å². The lowest BCUT2D eigenvalue weighted by molar-refractivity contribution is 0.106. The van der Waals surface area contributed by atoms with Crippen molar-refractivity contribution in [3.05, 3.63) is 138 Å². The van der Waals surface area contributed by atoms with Crippen molar-refractivity contribution >= 4 is 17.7 Å². The Morgan fingerprint density at radius 1 is 0.688 bits per heavy atom. The summed E-state index contributed by atoms with van der Waals surface area (Å²) < 4.78 is 5.81.